The van der Waals surface area contributed by atoms with Crippen LogP contribution in [-0.4, -0.2) is 43.5 Å². The average Bonchev–Trinajstić information content (AvgIpc) is 3.14. The first-order valence-electron chi connectivity index (χ1n) is 8.98. The van der Waals surface area contributed by atoms with Crippen LogP contribution in [0.15, 0.2) is 41.8 Å². The highest BCUT2D eigenvalue weighted by Crippen LogP contribution is 2.22. The zero-order valence-electron chi connectivity index (χ0n) is 16.3. The van der Waals surface area contributed by atoms with E-state index in [2.05, 4.69) is 26.9 Å². The Balaban J connectivity index is 1.87. The lowest BCUT2D eigenvalue weighted by Gasteiger charge is -2.23. The van der Waals surface area contributed by atoms with E-state index in [0.717, 1.165) is 5.56 Å². The molecule has 0 radical (unpaired) electrons. The first kappa shape index (κ1) is 20.9. The van der Waals surface area contributed by atoms with Crippen molar-refractivity contribution in [1.82, 2.24) is 20.9 Å². The van der Waals surface area contributed by atoms with Crippen molar-refractivity contribution >= 4 is 23.3 Å². The molecule has 0 fully saturated rings. The Labute approximate surface area is 165 Å². The molecule has 1 atom stereocenters. The number of nitrogens with zero attached hydrogens (tertiary/aromatic N) is 1. The predicted molar refractivity (Wildman–Crippen MR) is 110 cm³/mol. The van der Waals surface area contributed by atoms with E-state index >= 15 is 0 Å². The molecule has 7 heteroatoms. The third kappa shape index (κ3) is 6.69. The van der Waals surface area contributed by atoms with Crippen molar-refractivity contribution < 1.29 is 9.59 Å². The normalized spacial score (nSPS) is 12.1. The van der Waals surface area contributed by atoms with Crippen LogP contribution in [-0.2, 0) is 6.54 Å². The summed E-state index contributed by atoms with van der Waals surface area (Å²) in [6, 6.07) is 11.4. The Morgan fingerprint density at radius 2 is 1.78 bits per heavy atom. The van der Waals surface area contributed by atoms with E-state index in [9.17, 15) is 9.59 Å². The van der Waals surface area contributed by atoms with Crippen molar-refractivity contribution in [1.29, 1.82) is 0 Å². The van der Waals surface area contributed by atoms with Crippen molar-refractivity contribution in [3.05, 3.63) is 57.8 Å². The summed E-state index contributed by atoms with van der Waals surface area (Å²) in [5.41, 5.74) is 1.55. The Bertz CT molecular complexity index is 727. The number of thiophene rings is 1. The highest BCUT2D eigenvalue weighted by atomic mass is 32.1. The molecule has 3 amide bonds. The van der Waals surface area contributed by atoms with Gasteiger partial charge in [0.2, 0.25) is 0 Å². The third-order valence-electron chi connectivity index (χ3n) is 4.04. The molecular formula is C20H28N4O2S. The number of likely N-dealkylation sites (N-methyl/N-ethyl adjacent to an activating group) is 1. The summed E-state index contributed by atoms with van der Waals surface area (Å²) >= 11 is 1.69. The number of rotatable bonds is 8. The number of hydrogen-bond donors (Lipinski definition) is 3. The van der Waals surface area contributed by atoms with Gasteiger partial charge < -0.3 is 20.9 Å². The molecule has 0 saturated heterocycles. The molecule has 1 aromatic heterocycles. The van der Waals surface area contributed by atoms with Crippen molar-refractivity contribution in [2.24, 2.45) is 0 Å². The zero-order valence-corrected chi connectivity index (χ0v) is 17.1. The monoisotopic (exact) mass is 388 g/mol. The van der Waals surface area contributed by atoms with E-state index in [-0.39, 0.29) is 24.0 Å². The van der Waals surface area contributed by atoms with Crippen LogP contribution in [0, 0.1) is 0 Å². The number of amides is 3. The quantitative estimate of drug-likeness (QED) is 0.651. The summed E-state index contributed by atoms with van der Waals surface area (Å²) in [5.74, 6) is -0.101. The molecule has 27 heavy (non-hydrogen) atoms. The molecule has 2 aromatic rings. The zero-order chi connectivity index (χ0) is 19.8. The van der Waals surface area contributed by atoms with Crippen molar-refractivity contribution in [2.75, 3.05) is 20.6 Å². The van der Waals surface area contributed by atoms with Crippen LogP contribution >= 0.6 is 11.3 Å². The van der Waals surface area contributed by atoms with Crippen molar-refractivity contribution in [3.63, 3.8) is 0 Å². The van der Waals surface area contributed by atoms with E-state index < -0.39 is 0 Å². The average molecular weight is 389 g/mol. The smallest absolute Gasteiger partial charge is 0.315 e. The number of urea groups is 1. The molecule has 0 spiro atoms. The highest BCUT2D eigenvalue weighted by molar-refractivity contribution is 7.10. The fourth-order valence-electron chi connectivity index (χ4n) is 2.58. The Morgan fingerprint density at radius 1 is 1.07 bits per heavy atom. The summed E-state index contributed by atoms with van der Waals surface area (Å²) in [5, 5.41) is 10.6. The Hall–Kier alpha value is -2.38. The molecule has 0 saturated carbocycles. The maximum absolute atomic E-state index is 12.4. The molecule has 6 nitrogen and oxygen atoms in total. The van der Waals surface area contributed by atoms with Crippen LogP contribution in [0.2, 0.25) is 0 Å². The minimum absolute atomic E-state index is 0.0937. The molecule has 1 unspecified atom stereocenters. The fourth-order valence-corrected chi connectivity index (χ4v) is 3.50. The van der Waals surface area contributed by atoms with Crippen LogP contribution < -0.4 is 16.0 Å². The summed E-state index contributed by atoms with van der Waals surface area (Å²) in [7, 11) is 4.02. The second-order valence-electron chi connectivity index (χ2n) is 6.88. The molecule has 2 rings (SSSR count). The predicted octanol–water partition coefficient (Wildman–Crippen LogP) is 2.99. The van der Waals surface area contributed by atoms with Gasteiger partial charge in [0.25, 0.3) is 5.91 Å². The SMILES string of the molecule is CC(C)NC(=O)NCc1ccc(C(=O)NCC(c2cccs2)N(C)C)cc1. The highest BCUT2D eigenvalue weighted by Gasteiger charge is 2.16. The van der Waals surface area contributed by atoms with E-state index in [1.807, 2.05) is 51.5 Å². The molecular weight excluding hydrogens is 360 g/mol. The van der Waals surface area contributed by atoms with Gasteiger partial charge in [-0.3, -0.25) is 4.79 Å². The van der Waals surface area contributed by atoms with Gasteiger partial charge >= 0.3 is 6.03 Å². The minimum Gasteiger partial charge on any atom is -0.350 e. The van der Waals surface area contributed by atoms with E-state index in [4.69, 9.17) is 0 Å². The third-order valence-corrected chi connectivity index (χ3v) is 5.01. The van der Waals surface area contributed by atoms with Gasteiger partial charge in [-0.15, -0.1) is 11.3 Å². The molecule has 0 aliphatic rings. The van der Waals surface area contributed by atoms with Gasteiger partial charge in [-0.1, -0.05) is 18.2 Å². The molecule has 0 aliphatic carbocycles. The van der Waals surface area contributed by atoms with E-state index in [0.29, 0.717) is 18.7 Å². The number of carbonyl (C=O) groups is 2. The largest absolute Gasteiger partial charge is 0.350 e. The first-order chi connectivity index (χ1) is 12.9. The van der Waals surface area contributed by atoms with Gasteiger partial charge in [0.05, 0.1) is 6.04 Å². The van der Waals surface area contributed by atoms with Gasteiger partial charge in [-0.2, -0.15) is 0 Å². The number of hydrogen-bond acceptors (Lipinski definition) is 4. The molecule has 1 heterocycles. The van der Waals surface area contributed by atoms with Gasteiger partial charge in [0.15, 0.2) is 0 Å². The molecule has 0 bridgehead atoms. The lowest BCUT2D eigenvalue weighted by molar-refractivity contribution is 0.0942. The van der Waals surface area contributed by atoms with Gasteiger partial charge in [-0.25, -0.2) is 4.79 Å². The maximum atomic E-state index is 12.4. The van der Waals surface area contributed by atoms with E-state index in [1.54, 1.807) is 23.5 Å². The summed E-state index contributed by atoms with van der Waals surface area (Å²) in [4.78, 5) is 27.4. The van der Waals surface area contributed by atoms with Crippen LogP contribution in [0.25, 0.3) is 0 Å². The lowest BCUT2D eigenvalue weighted by Crippen LogP contribution is -2.39. The molecule has 0 aliphatic heterocycles. The summed E-state index contributed by atoms with van der Waals surface area (Å²) in [6.45, 7) is 4.78. The van der Waals surface area contributed by atoms with Gasteiger partial charge in [0.1, 0.15) is 0 Å². The van der Waals surface area contributed by atoms with Gasteiger partial charge in [-0.05, 0) is 57.1 Å². The lowest BCUT2D eigenvalue weighted by atomic mass is 10.1. The minimum atomic E-state index is -0.199. The second kappa shape index (κ2) is 10.1. The fraction of sp³-hybridized carbons (Fsp3) is 0.400. The summed E-state index contributed by atoms with van der Waals surface area (Å²) < 4.78 is 0. The number of carbonyl (C=O) groups excluding carboxylic acids is 2. The van der Waals surface area contributed by atoms with Crippen LogP contribution in [0.3, 0.4) is 0 Å². The summed E-state index contributed by atoms with van der Waals surface area (Å²) in [6.07, 6.45) is 0. The van der Waals surface area contributed by atoms with E-state index in [1.165, 1.54) is 4.88 Å². The number of nitrogens with one attached hydrogen (secondary N) is 3. The molecule has 3 N–H and O–H groups in total. The Kier molecular flexibility index (Phi) is 7.82. The molecule has 146 valence electrons. The van der Waals surface area contributed by atoms with Crippen LogP contribution in [0.5, 0.6) is 0 Å². The van der Waals surface area contributed by atoms with Gasteiger partial charge in [0, 0.05) is 29.6 Å². The topological polar surface area (TPSA) is 73.5 Å². The maximum Gasteiger partial charge on any atom is 0.315 e. The van der Waals surface area contributed by atoms with Crippen LogP contribution in [0.1, 0.15) is 40.7 Å². The second-order valence-corrected chi connectivity index (χ2v) is 7.86. The molecule has 1 aromatic carbocycles. The number of benzene rings is 1. The standard InChI is InChI=1S/C20H28N4O2S/c1-14(2)23-20(26)22-12-15-7-9-16(10-8-15)19(25)21-13-17(24(3)4)18-6-5-11-27-18/h5-11,14,17H,12-13H2,1-4H3,(H,21,25)(H2,22,23,26). The Morgan fingerprint density at radius 3 is 2.33 bits per heavy atom. The first-order valence-corrected chi connectivity index (χ1v) is 9.86. The van der Waals surface area contributed by atoms with Crippen molar-refractivity contribution in [3.8, 4) is 0 Å². The van der Waals surface area contributed by atoms with Crippen LogP contribution in [0.4, 0.5) is 4.79 Å². The van der Waals surface area contributed by atoms with Crippen molar-refractivity contribution in [2.45, 2.75) is 32.5 Å².